The van der Waals surface area contributed by atoms with Gasteiger partial charge in [0.1, 0.15) is 0 Å². The van der Waals surface area contributed by atoms with E-state index in [4.69, 9.17) is 16.7 Å². The van der Waals surface area contributed by atoms with Crippen LogP contribution in [0.15, 0.2) is 18.2 Å². The molecule has 14 heavy (non-hydrogen) atoms. The first-order chi connectivity index (χ1) is 6.69. The highest BCUT2D eigenvalue weighted by molar-refractivity contribution is 6.33. The monoisotopic (exact) mass is 213 g/mol. The lowest BCUT2D eigenvalue weighted by atomic mass is 10.2. The molecule has 0 aliphatic carbocycles. The Morgan fingerprint density at radius 1 is 1.57 bits per heavy atom. The van der Waals surface area contributed by atoms with E-state index in [1.165, 1.54) is 0 Å². The number of nitrogens with zero attached hydrogens (tertiary/aromatic N) is 1. The summed E-state index contributed by atoms with van der Waals surface area (Å²) in [6, 6.07) is 5.17. The normalized spacial score (nSPS) is 9.93. The van der Waals surface area contributed by atoms with E-state index in [2.05, 4.69) is 0 Å². The van der Waals surface area contributed by atoms with Gasteiger partial charge in [0.25, 0.3) is 0 Å². The molecule has 0 radical (unpaired) electrons. The van der Waals surface area contributed by atoms with E-state index >= 15 is 0 Å². The third kappa shape index (κ3) is 2.47. The zero-order chi connectivity index (χ0) is 10.6. The smallest absolute Gasteiger partial charge is 0.151 e. The summed E-state index contributed by atoms with van der Waals surface area (Å²) >= 11 is 5.85. The van der Waals surface area contributed by atoms with E-state index in [-0.39, 0.29) is 6.61 Å². The Labute approximate surface area is 87.9 Å². The largest absolute Gasteiger partial charge is 0.395 e. The van der Waals surface area contributed by atoms with Crippen LogP contribution in [0.1, 0.15) is 10.4 Å². The fraction of sp³-hybridized carbons (Fsp3) is 0.300. The second kappa shape index (κ2) is 4.98. The quantitative estimate of drug-likeness (QED) is 0.773. The molecule has 0 atom stereocenters. The highest BCUT2D eigenvalue weighted by Crippen LogP contribution is 2.21. The van der Waals surface area contributed by atoms with Crippen molar-refractivity contribution >= 4 is 23.6 Å². The van der Waals surface area contributed by atoms with Crippen molar-refractivity contribution in [3.05, 3.63) is 28.8 Å². The van der Waals surface area contributed by atoms with Crippen molar-refractivity contribution in [2.24, 2.45) is 0 Å². The van der Waals surface area contributed by atoms with E-state index in [0.717, 1.165) is 12.0 Å². The van der Waals surface area contributed by atoms with Crippen LogP contribution in [0, 0.1) is 0 Å². The summed E-state index contributed by atoms with van der Waals surface area (Å²) in [6.45, 7) is 0.625. The van der Waals surface area contributed by atoms with Gasteiger partial charge >= 0.3 is 0 Å². The number of carbonyl (C=O) groups excluding carboxylic acids is 1. The third-order valence-electron chi connectivity index (χ3n) is 1.99. The molecule has 0 saturated heterocycles. The zero-order valence-corrected chi connectivity index (χ0v) is 8.66. The second-order valence-corrected chi connectivity index (χ2v) is 3.38. The minimum Gasteiger partial charge on any atom is -0.395 e. The van der Waals surface area contributed by atoms with Gasteiger partial charge in [-0.3, -0.25) is 4.79 Å². The lowest BCUT2D eigenvalue weighted by molar-refractivity contribution is 0.112. The van der Waals surface area contributed by atoms with E-state index < -0.39 is 0 Å². The van der Waals surface area contributed by atoms with E-state index in [0.29, 0.717) is 17.1 Å². The fourth-order valence-corrected chi connectivity index (χ4v) is 1.35. The maximum absolute atomic E-state index is 10.5. The van der Waals surface area contributed by atoms with Crippen LogP contribution in [0.3, 0.4) is 0 Å². The van der Waals surface area contributed by atoms with Crippen molar-refractivity contribution in [2.75, 3.05) is 25.1 Å². The minimum absolute atomic E-state index is 0.0869. The number of benzene rings is 1. The predicted octanol–water partition coefficient (Wildman–Crippen LogP) is 1.58. The van der Waals surface area contributed by atoms with Crippen LogP contribution in [0.4, 0.5) is 5.69 Å². The van der Waals surface area contributed by atoms with Crippen LogP contribution in [-0.4, -0.2) is 31.6 Å². The number of carbonyl (C=O) groups is 1. The zero-order valence-electron chi connectivity index (χ0n) is 7.90. The van der Waals surface area contributed by atoms with Gasteiger partial charge in [0, 0.05) is 24.8 Å². The molecule has 76 valence electrons. The van der Waals surface area contributed by atoms with Crippen molar-refractivity contribution in [3.63, 3.8) is 0 Å². The topological polar surface area (TPSA) is 40.5 Å². The summed E-state index contributed by atoms with van der Waals surface area (Å²) in [5, 5.41) is 9.17. The standard InChI is InChI=1S/C10H12ClNO2/c1-12(4-5-13)9-3-2-8(7-14)10(11)6-9/h2-3,6-7,13H,4-5H2,1H3. The molecule has 1 N–H and O–H groups in total. The number of aldehydes is 1. The van der Waals surface area contributed by atoms with Gasteiger partial charge in [-0.1, -0.05) is 11.6 Å². The minimum atomic E-state index is 0.0869. The molecular weight excluding hydrogens is 202 g/mol. The van der Waals surface area contributed by atoms with Crippen LogP contribution in [0.5, 0.6) is 0 Å². The van der Waals surface area contributed by atoms with Crippen LogP contribution in [0.25, 0.3) is 0 Å². The summed E-state index contributed by atoms with van der Waals surface area (Å²) < 4.78 is 0. The molecule has 1 rings (SSSR count). The number of anilines is 1. The van der Waals surface area contributed by atoms with Crippen molar-refractivity contribution < 1.29 is 9.90 Å². The number of aliphatic hydroxyl groups excluding tert-OH is 1. The summed E-state index contributed by atoms with van der Waals surface area (Å²) in [5.74, 6) is 0. The van der Waals surface area contributed by atoms with Gasteiger partial charge in [0.2, 0.25) is 0 Å². The molecule has 0 bridgehead atoms. The number of hydrogen-bond acceptors (Lipinski definition) is 3. The highest BCUT2D eigenvalue weighted by atomic mass is 35.5. The molecule has 0 unspecified atom stereocenters. The summed E-state index contributed by atoms with van der Waals surface area (Å²) in [6.07, 6.45) is 0.720. The molecule has 0 aliphatic heterocycles. The molecule has 0 fully saturated rings. The van der Waals surface area contributed by atoms with Gasteiger partial charge in [-0.05, 0) is 18.2 Å². The van der Waals surface area contributed by atoms with Gasteiger partial charge in [-0.25, -0.2) is 0 Å². The first-order valence-electron chi connectivity index (χ1n) is 4.25. The molecule has 4 heteroatoms. The fourth-order valence-electron chi connectivity index (χ4n) is 1.13. The molecule has 1 aromatic carbocycles. The maximum atomic E-state index is 10.5. The average molecular weight is 214 g/mol. The number of rotatable bonds is 4. The highest BCUT2D eigenvalue weighted by Gasteiger charge is 2.03. The van der Waals surface area contributed by atoms with Crippen molar-refractivity contribution in [3.8, 4) is 0 Å². The predicted molar refractivity (Wildman–Crippen MR) is 57.2 cm³/mol. The Bertz CT molecular complexity index is 328. The number of likely N-dealkylation sites (N-methyl/N-ethyl adjacent to an activating group) is 1. The van der Waals surface area contributed by atoms with Gasteiger partial charge < -0.3 is 10.0 Å². The van der Waals surface area contributed by atoms with E-state index in [9.17, 15) is 4.79 Å². The summed E-state index contributed by atoms with van der Waals surface area (Å²) in [7, 11) is 1.85. The maximum Gasteiger partial charge on any atom is 0.151 e. The first kappa shape index (κ1) is 11.0. The Morgan fingerprint density at radius 3 is 2.79 bits per heavy atom. The molecule has 0 spiro atoms. The molecule has 1 aromatic rings. The van der Waals surface area contributed by atoms with Gasteiger partial charge in [0.15, 0.2) is 6.29 Å². The Hall–Kier alpha value is -1.06. The Balaban J connectivity index is 2.90. The average Bonchev–Trinajstić information content (AvgIpc) is 2.18. The molecule has 0 saturated carbocycles. The van der Waals surface area contributed by atoms with Crippen LogP contribution < -0.4 is 4.90 Å². The first-order valence-corrected chi connectivity index (χ1v) is 4.63. The molecule has 0 aromatic heterocycles. The number of halogens is 1. The van der Waals surface area contributed by atoms with Crippen molar-refractivity contribution in [1.82, 2.24) is 0 Å². The molecule has 0 amide bonds. The van der Waals surface area contributed by atoms with E-state index in [1.54, 1.807) is 18.2 Å². The van der Waals surface area contributed by atoms with Crippen molar-refractivity contribution in [2.45, 2.75) is 0 Å². The molecule has 3 nitrogen and oxygen atoms in total. The van der Waals surface area contributed by atoms with Crippen molar-refractivity contribution in [1.29, 1.82) is 0 Å². The lowest BCUT2D eigenvalue weighted by Crippen LogP contribution is -2.21. The SMILES string of the molecule is CN(CCO)c1ccc(C=O)c(Cl)c1. The second-order valence-electron chi connectivity index (χ2n) is 2.97. The molecular formula is C10H12ClNO2. The number of aliphatic hydroxyl groups is 1. The number of hydrogen-bond donors (Lipinski definition) is 1. The van der Waals surface area contributed by atoms with Crippen LogP contribution in [-0.2, 0) is 0 Å². The Morgan fingerprint density at radius 2 is 2.29 bits per heavy atom. The van der Waals surface area contributed by atoms with Gasteiger partial charge in [-0.15, -0.1) is 0 Å². The van der Waals surface area contributed by atoms with Crippen LogP contribution in [0.2, 0.25) is 5.02 Å². The van der Waals surface area contributed by atoms with Crippen LogP contribution >= 0.6 is 11.6 Å². The van der Waals surface area contributed by atoms with E-state index in [1.807, 2.05) is 11.9 Å². The third-order valence-corrected chi connectivity index (χ3v) is 2.31. The Kier molecular flexibility index (Phi) is 3.92. The molecule has 0 heterocycles. The van der Waals surface area contributed by atoms with Gasteiger partial charge in [-0.2, -0.15) is 0 Å². The van der Waals surface area contributed by atoms with Gasteiger partial charge in [0.05, 0.1) is 11.6 Å². The summed E-state index contributed by atoms with van der Waals surface area (Å²) in [4.78, 5) is 12.4. The molecule has 0 aliphatic rings. The lowest BCUT2D eigenvalue weighted by Gasteiger charge is -2.18. The summed E-state index contributed by atoms with van der Waals surface area (Å²) in [5.41, 5.74) is 1.36.